The molecule has 0 bridgehead atoms. The van der Waals surface area contributed by atoms with Crippen LogP contribution in [0.2, 0.25) is 0 Å². The summed E-state index contributed by atoms with van der Waals surface area (Å²) in [6.07, 6.45) is 4.01. The SMILES string of the molecule is O=C(NNC(=O)C1(c2cccc(F)c2)CCCCC1)c1ccc2c(c1)OCCO2. The highest BCUT2D eigenvalue weighted by molar-refractivity contribution is 5.97. The summed E-state index contributed by atoms with van der Waals surface area (Å²) in [7, 11) is 0. The molecule has 0 radical (unpaired) electrons. The molecule has 4 rings (SSSR count). The molecule has 0 saturated heterocycles. The quantitative estimate of drug-likeness (QED) is 0.778. The molecule has 0 unspecified atom stereocenters. The Kier molecular flexibility index (Phi) is 5.38. The second kappa shape index (κ2) is 8.11. The van der Waals surface area contributed by atoms with Crippen LogP contribution in [0.3, 0.4) is 0 Å². The summed E-state index contributed by atoms with van der Waals surface area (Å²) in [4.78, 5) is 25.6. The molecular weight excluding hydrogens is 375 g/mol. The van der Waals surface area contributed by atoms with E-state index < -0.39 is 11.3 Å². The number of carbonyl (C=O) groups is 2. The van der Waals surface area contributed by atoms with Crippen molar-refractivity contribution in [3.63, 3.8) is 0 Å². The van der Waals surface area contributed by atoms with Gasteiger partial charge in [-0.05, 0) is 48.7 Å². The first-order valence-corrected chi connectivity index (χ1v) is 9.85. The van der Waals surface area contributed by atoms with E-state index in [0.717, 1.165) is 19.3 Å². The Morgan fingerprint density at radius 2 is 1.66 bits per heavy atom. The number of halogens is 1. The van der Waals surface area contributed by atoms with Gasteiger partial charge in [0, 0.05) is 5.56 Å². The molecule has 0 atom stereocenters. The van der Waals surface area contributed by atoms with E-state index in [1.54, 1.807) is 30.3 Å². The maximum Gasteiger partial charge on any atom is 0.269 e. The first-order valence-electron chi connectivity index (χ1n) is 9.85. The fourth-order valence-corrected chi connectivity index (χ4v) is 4.08. The number of benzene rings is 2. The number of amides is 2. The average Bonchev–Trinajstić information content (AvgIpc) is 2.77. The van der Waals surface area contributed by atoms with Crippen molar-refractivity contribution in [2.24, 2.45) is 0 Å². The van der Waals surface area contributed by atoms with Gasteiger partial charge < -0.3 is 9.47 Å². The van der Waals surface area contributed by atoms with Gasteiger partial charge in [-0.2, -0.15) is 0 Å². The molecule has 2 N–H and O–H groups in total. The van der Waals surface area contributed by atoms with Crippen molar-refractivity contribution in [2.75, 3.05) is 13.2 Å². The van der Waals surface area contributed by atoms with Gasteiger partial charge in [0.05, 0.1) is 5.41 Å². The van der Waals surface area contributed by atoms with E-state index in [2.05, 4.69) is 10.9 Å². The summed E-state index contributed by atoms with van der Waals surface area (Å²) >= 11 is 0. The second-order valence-corrected chi connectivity index (χ2v) is 7.42. The minimum absolute atomic E-state index is 0.325. The largest absolute Gasteiger partial charge is 0.486 e. The van der Waals surface area contributed by atoms with Gasteiger partial charge in [0.25, 0.3) is 5.91 Å². The molecule has 2 amide bonds. The monoisotopic (exact) mass is 398 g/mol. The van der Waals surface area contributed by atoms with Gasteiger partial charge in [0.1, 0.15) is 19.0 Å². The standard InChI is InChI=1S/C22H23FN2O4/c23-17-6-4-5-16(14-17)22(9-2-1-3-10-22)21(27)25-24-20(26)15-7-8-18-19(13-15)29-12-11-28-18/h4-8,13-14H,1-3,9-12H2,(H,24,26)(H,25,27). The fourth-order valence-electron chi connectivity index (χ4n) is 4.08. The van der Waals surface area contributed by atoms with Gasteiger partial charge in [-0.3, -0.25) is 20.4 Å². The van der Waals surface area contributed by atoms with Crippen LogP contribution in [0.1, 0.15) is 48.0 Å². The molecule has 1 saturated carbocycles. The smallest absolute Gasteiger partial charge is 0.269 e. The van der Waals surface area contributed by atoms with Crippen LogP contribution in [-0.2, 0) is 10.2 Å². The molecule has 0 aromatic heterocycles. The Morgan fingerprint density at radius 1 is 0.897 bits per heavy atom. The third-order valence-corrected chi connectivity index (χ3v) is 5.61. The van der Waals surface area contributed by atoms with E-state index in [-0.39, 0.29) is 11.7 Å². The van der Waals surface area contributed by atoms with Crippen LogP contribution < -0.4 is 20.3 Å². The molecule has 1 aliphatic carbocycles. The topological polar surface area (TPSA) is 76.7 Å². The van der Waals surface area contributed by atoms with Gasteiger partial charge in [-0.25, -0.2) is 4.39 Å². The zero-order chi connectivity index (χ0) is 20.3. The second-order valence-electron chi connectivity index (χ2n) is 7.42. The lowest BCUT2D eigenvalue weighted by Crippen LogP contribution is -2.52. The zero-order valence-electron chi connectivity index (χ0n) is 16.0. The number of carbonyl (C=O) groups excluding carboxylic acids is 2. The number of hydrazine groups is 1. The molecule has 2 aromatic rings. The molecule has 6 nitrogen and oxygen atoms in total. The summed E-state index contributed by atoms with van der Waals surface area (Å²) in [5, 5.41) is 0. The summed E-state index contributed by atoms with van der Waals surface area (Å²) in [5.41, 5.74) is 5.18. The highest BCUT2D eigenvalue weighted by Gasteiger charge is 2.41. The minimum atomic E-state index is -0.847. The normalized spacial score (nSPS) is 17.3. The molecule has 1 fully saturated rings. The van der Waals surface area contributed by atoms with Crippen molar-refractivity contribution < 1.29 is 23.5 Å². The lowest BCUT2D eigenvalue weighted by Gasteiger charge is -2.36. The molecule has 2 aliphatic rings. The molecule has 152 valence electrons. The Labute approximate surface area is 168 Å². The van der Waals surface area contributed by atoms with Crippen molar-refractivity contribution in [3.8, 4) is 11.5 Å². The Balaban J connectivity index is 1.49. The van der Waals surface area contributed by atoms with Gasteiger partial charge in [0.15, 0.2) is 11.5 Å². The number of hydrogen-bond donors (Lipinski definition) is 2. The summed E-state index contributed by atoms with van der Waals surface area (Å²) in [5.74, 6) is -0.0717. The summed E-state index contributed by atoms with van der Waals surface area (Å²) in [6, 6.07) is 11.0. The summed E-state index contributed by atoms with van der Waals surface area (Å²) in [6.45, 7) is 0.891. The van der Waals surface area contributed by atoms with Crippen molar-refractivity contribution in [2.45, 2.75) is 37.5 Å². The van der Waals surface area contributed by atoms with E-state index in [1.165, 1.54) is 12.1 Å². The third kappa shape index (κ3) is 3.90. The van der Waals surface area contributed by atoms with Crippen LogP contribution in [0.15, 0.2) is 42.5 Å². The van der Waals surface area contributed by atoms with E-state index in [1.807, 2.05) is 0 Å². The molecule has 7 heteroatoms. The first kappa shape index (κ1) is 19.2. The number of ether oxygens (including phenoxy) is 2. The molecule has 2 aromatic carbocycles. The maximum atomic E-state index is 13.8. The molecule has 0 spiro atoms. The van der Waals surface area contributed by atoms with Crippen LogP contribution in [0, 0.1) is 5.82 Å². The van der Waals surface area contributed by atoms with Crippen molar-refractivity contribution in [1.82, 2.24) is 10.9 Å². The van der Waals surface area contributed by atoms with E-state index in [4.69, 9.17) is 9.47 Å². The fraction of sp³-hybridized carbons (Fsp3) is 0.364. The van der Waals surface area contributed by atoms with Crippen LogP contribution >= 0.6 is 0 Å². The predicted octanol–water partition coefficient (Wildman–Crippen LogP) is 3.26. The van der Waals surface area contributed by atoms with Crippen LogP contribution in [0.4, 0.5) is 4.39 Å². The Bertz CT molecular complexity index is 925. The van der Waals surface area contributed by atoms with Crippen LogP contribution in [0.5, 0.6) is 11.5 Å². The lowest BCUT2D eigenvalue weighted by atomic mass is 9.69. The van der Waals surface area contributed by atoms with E-state index in [9.17, 15) is 14.0 Å². The number of hydrogen-bond acceptors (Lipinski definition) is 4. The average molecular weight is 398 g/mol. The third-order valence-electron chi connectivity index (χ3n) is 5.61. The zero-order valence-corrected chi connectivity index (χ0v) is 16.0. The minimum Gasteiger partial charge on any atom is -0.486 e. The van der Waals surface area contributed by atoms with Gasteiger partial charge >= 0.3 is 0 Å². The Hall–Kier alpha value is -3.09. The molecule has 1 aliphatic heterocycles. The van der Waals surface area contributed by atoms with Crippen molar-refractivity contribution in [3.05, 3.63) is 59.4 Å². The summed E-state index contributed by atoms with van der Waals surface area (Å²) < 4.78 is 24.7. The van der Waals surface area contributed by atoms with Crippen LogP contribution in [0.25, 0.3) is 0 Å². The first-order chi connectivity index (χ1) is 14.1. The highest BCUT2D eigenvalue weighted by atomic mass is 19.1. The Morgan fingerprint density at radius 3 is 2.41 bits per heavy atom. The van der Waals surface area contributed by atoms with Gasteiger partial charge in [-0.15, -0.1) is 0 Å². The van der Waals surface area contributed by atoms with Crippen molar-refractivity contribution in [1.29, 1.82) is 0 Å². The number of fused-ring (bicyclic) bond motifs is 1. The number of nitrogens with one attached hydrogen (secondary N) is 2. The predicted molar refractivity (Wildman–Crippen MR) is 104 cm³/mol. The van der Waals surface area contributed by atoms with Gasteiger partial charge in [0.2, 0.25) is 5.91 Å². The molecule has 1 heterocycles. The van der Waals surface area contributed by atoms with Crippen molar-refractivity contribution >= 4 is 11.8 Å². The lowest BCUT2D eigenvalue weighted by molar-refractivity contribution is -0.128. The maximum absolute atomic E-state index is 13.8. The van der Waals surface area contributed by atoms with Gasteiger partial charge in [-0.1, -0.05) is 31.4 Å². The number of rotatable bonds is 3. The molecular formula is C22H23FN2O4. The molecule has 29 heavy (non-hydrogen) atoms. The van der Waals surface area contributed by atoms with E-state index >= 15 is 0 Å². The van der Waals surface area contributed by atoms with Crippen LogP contribution in [-0.4, -0.2) is 25.0 Å². The highest BCUT2D eigenvalue weighted by Crippen LogP contribution is 2.40. The van der Waals surface area contributed by atoms with E-state index in [0.29, 0.717) is 48.7 Å².